The maximum atomic E-state index is 12.1. The van der Waals surface area contributed by atoms with Crippen LogP contribution in [0.25, 0.3) is 0 Å². The zero-order valence-corrected chi connectivity index (χ0v) is 13.5. The van der Waals surface area contributed by atoms with Crippen molar-refractivity contribution in [2.45, 2.75) is 0 Å². The van der Waals surface area contributed by atoms with Gasteiger partial charge in [0, 0.05) is 14.6 Å². The Morgan fingerprint density at radius 2 is 1.89 bits per heavy atom. The van der Waals surface area contributed by atoms with Crippen molar-refractivity contribution in [2.24, 2.45) is 0 Å². The highest BCUT2D eigenvalue weighted by Crippen LogP contribution is 2.26. The number of benzene rings is 2. The van der Waals surface area contributed by atoms with E-state index in [0.717, 1.165) is 4.47 Å². The van der Waals surface area contributed by atoms with Gasteiger partial charge in [0.15, 0.2) is 0 Å². The average Bonchev–Trinajstić information content (AvgIpc) is 2.32. The molecule has 0 aliphatic carbocycles. The first-order valence-corrected chi connectivity index (χ1v) is 7.25. The molecule has 1 amide bonds. The minimum Gasteiger partial charge on any atom is -0.399 e. The Kier molecular flexibility index (Phi) is 4.50. The van der Waals surface area contributed by atoms with Gasteiger partial charge in [-0.05, 0) is 52.3 Å². The van der Waals surface area contributed by atoms with Gasteiger partial charge in [-0.15, -0.1) is 0 Å². The Morgan fingerprint density at radius 1 is 1.16 bits per heavy atom. The van der Waals surface area contributed by atoms with E-state index in [9.17, 15) is 4.79 Å². The number of hydrogen-bond acceptors (Lipinski definition) is 2. The molecule has 0 heterocycles. The second-order valence-electron chi connectivity index (χ2n) is 3.82. The third kappa shape index (κ3) is 3.49. The summed E-state index contributed by atoms with van der Waals surface area (Å²) in [5.74, 6) is -0.244. The fourth-order valence-electron chi connectivity index (χ4n) is 1.50. The molecule has 0 bridgehead atoms. The summed E-state index contributed by atoms with van der Waals surface area (Å²) in [7, 11) is 0. The van der Waals surface area contributed by atoms with Crippen LogP contribution in [0.1, 0.15) is 10.4 Å². The Labute approximate surface area is 132 Å². The van der Waals surface area contributed by atoms with Gasteiger partial charge in [-0.25, -0.2) is 0 Å². The number of hydrogen-bond donors (Lipinski definition) is 2. The largest absolute Gasteiger partial charge is 0.399 e. The van der Waals surface area contributed by atoms with Crippen LogP contribution in [-0.4, -0.2) is 5.91 Å². The zero-order chi connectivity index (χ0) is 14.0. The number of anilines is 2. The number of rotatable bonds is 2. The third-order valence-electron chi connectivity index (χ3n) is 2.42. The summed E-state index contributed by atoms with van der Waals surface area (Å²) in [6.45, 7) is 0. The molecule has 0 aliphatic rings. The SMILES string of the molecule is Nc1ccc(NC(=O)c2ccc(Br)cc2Br)c(Cl)c1. The lowest BCUT2D eigenvalue weighted by molar-refractivity contribution is 0.102. The Morgan fingerprint density at radius 3 is 2.53 bits per heavy atom. The average molecular weight is 404 g/mol. The molecule has 0 radical (unpaired) electrons. The topological polar surface area (TPSA) is 55.1 Å². The van der Waals surface area contributed by atoms with Crippen LogP contribution in [0.5, 0.6) is 0 Å². The quantitative estimate of drug-likeness (QED) is 0.713. The highest BCUT2D eigenvalue weighted by Gasteiger charge is 2.12. The molecule has 0 aliphatic heterocycles. The molecule has 3 nitrogen and oxygen atoms in total. The molecular formula is C13H9Br2ClN2O. The van der Waals surface area contributed by atoms with E-state index in [1.807, 2.05) is 0 Å². The number of nitrogens with two attached hydrogens (primary N) is 1. The van der Waals surface area contributed by atoms with Gasteiger partial charge < -0.3 is 11.1 Å². The van der Waals surface area contributed by atoms with Crippen molar-refractivity contribution in [3.63, 3.8) is 0 Å². The van der Waals surface area contributed by atoms with Crippen molar-refractivity contribution in [3.05, 3.63) is 55.9 Å². The minimum absolute atomic E-state index is 0.244. The minimum atomic E-state index is -0.244. The van der Waals surface area contributed by atoms with E-state index in [1.165, 1.54) is 0 Å². The molecule has 98 valence electrons. The number of carbonyl (C=O) groups excluding carboxylic acids is 1. The standard InChI is InChI=1S/C13H9Br2ClN2O/c14-7-1-3-9(10(15)5-7)13(19)18-12-4-2-8(17)6-11(12)16/h1-6H,17H2,(H,18,19). The van der Waals surface area contributed by atoms with Crippen molar-refractivity contribution in [3.8, 4) is 0 Å². The second-order valence-corrected chi connectivity index (χ2v) is 5.99. The number of amides is 1. The van der Waals surface area contributed by atoms with Gasteiger partial charge >= 0.3 is 0 Å². The molecule has 0 fully saturated rings. The molecule has 0 saturated heterocycles. The van der Waals surface area contributed by atoms with E-state index in [2.05, 4.69) is 37.2 Å². The summed E-state index contributed by atoms with van der Waals surface area (Å²) in [6.07, 6.45) is 0. The lowest BCUT2D eigenvalue weighted by atomic mass is 10.2. The van der Waals surface area contributed by atoms with E-state index < -0.39 is 0 Å². The predicted molar refractivity (Wildman–Crippen MR) is 85.7 cm³/mol. The number of carbonyl (C=O) groups is 1. The number of nitrogens with one attached hydrogen (secondary N) is 1. The Hall–Kier alpha value is -1.04. The lowest BCUT2D eigenvalue weighted by Crippen LogP contribution is -2.13. The zero-order valence-electron chi connectivity index (χ0n) is 9.58. The van der Waals surface area contributed by atoms with Crippen molar-refractivity contribution >= 4 is 60.7 Å². The van der Waals surface area contributed by atoms with Crippen molar-refractivity contribution in [2.75, 3.05) is 11.1 Å². The van der Waals surface area contributed by atoms with Crippen LogP contribution in [-0.2, 0) is 0 Å². The molecular weight excluding hydrogens is 395 g/mol. The van der Waals surface area contributed by atoms with Crippen LogP contribution in [0.4, 0.5) is 11.4 Å². The van der Waals surface area contributed by atoms with E-state index in [1.54, 1.807) is 36.4 Å². The first-order chi connectivity index (χ1) is 8.97. The summed E-state index contributed by atoms with van der Waals surface area (Å²) in [6, 6.07) is 10.3. The monoisotopic (exact) mass is 402 g/mol. The second kappa shape index (κ2) is 5.94. The van der Waals surface area contributed by atoms with Gasteiger partial charge in [0.25, 0.3) is 5.91 Å². The predicted octanol–water partition coefficient (Wildman–Crippen LogP) is 4.70. The normalized spacial score (nSPS) is 10.3. The first kappa shape index (κ1) is 14.4. The van der Waals surface area contributed by atoms with Crippen molar-refractivity contribution in [1.29, 1.82) is 0 Å². The molecule has 2 aromatic carbocycles. The molecule has 0 saturated carbocycles. The summed E-state index contributed by atoms with van der Waals surface area (Å²) in [4.78, 5) is 12.1. The van der Waals surface area contributed by atoms with Gasteiger partial charge in [-0.1, -0.05) is 27.5 Å². The summed E-state index contributed by atoms with van der Waals surface area (Å²) >= 11 is 12.7. The molecule has 0 atom stereocenters. The highest BCUT2D eigenvalue weighted by molar-refractivity contribution is 9.11. The summed E-state index contributed by atoms with van der Waals surface area (Å²) < 4.78 is 1.59. The molecule has 0 unspecified atom stereocenters. The molecule has 19 heavy (non-hydrogen) atoms. The molecule has 2 aromatic rings. The lowest BCUT2D eigenvalue weighted by Gasteiger charge is -2.09. The smallest absolute Gasteiger partial charge is 0.256 e. The summed E-state index contributed by atoms with van der Waals surface area (Å²) in [5, 5.41) is 3.15. The maximum Gasteiger partial charge on any atom is 0.256 e. The molecule has 3 N–H and O–H groups in total. The molecule has 0 spiro atoms. The van der Waals surface area contributed by atoms with E-state index in [0.29, 0.717) is 26.4 Å². The Balaban J connectivity index is 2.25. The van der Waals surface area contributed by atoms with E-state index in [4.69, 9.17) is 17.3 Å². The van der Waals surface area contributed by atoms with Crippen LogP contribution < -0.4 is 11.1 Å². The maximum absolute atomic E-state index is 12.1. The van der Waals surface area contributed by atoms with Crippen molar-refractivity contribution < 1.29 is 4.79 Å². The molecule has 6 heteroatoms. The number of nitrogen functional groups attached to an aromatic ring is 1. The molecule has 2 rings (SSSR count). The van der Waals surface area contributed by atoms with Crippen LogP contribution in [0.15, 0.2) is 45.3 Å². The van der Waals surface area contributed by atoms with Gasteiger partial charge in [0.1, 0.15) is 0 Å². The van der Waals surface area contributed by atoms with Crippen molar-refractivity contribution in [1.82, 2.24) is 0 Å². The van der Waals surface area contributed by atoms with Crippen LogP contribution >= 0.6 is 43.5 Å². The third-order valence-corrected chi connectivity index (χ3v) is 3.88. The van der Waals surface area contributed by atoms with Gasteiger partial charge in [0.2, 0.25) is 0 Å². The van der Waals surface area contributed by atoms with Crippen LogP contribution in [0.2, 0.25) is 5.02 Å². The fourth-order valence-corrected chi connectivity index (χ4v) is 2.96. The highest BCUT2D eigenvalue weighted by atomic mass is 79.9. The first-order valence-electron chi connectivity index (χ1n) is 5.29. The molecule has 0 aromatic heterocycles. The van der Waals surface area contributed by atoms with Crippen LogP contribution in [0.3, 0.4) is 0 Å². The number of halogens is 3. The van der Waals surface area contributed by atoms with Gasteiger partial charge in [-0.3, -0.25) is 4.79 Å². The fraction of sp³-hybridized carbons (Fsp3) is 0. The van der Waals surface area contributed by atoms with E-state index >= 15 is 0 Å². The van der Waals surface area contributed by atoms with Gasteiger partial charge in [0.05, 0.1) is 16.3 Å². The Bertz CT molecular complexity index is 647. The van der Waals surface area contributed by atoms with Gasteiger partial charge in [-0.2, -0.15) is 0 Å². The van der Waals surface area contributed by atoms with Crippen LogP contribution in [0, 0.1) is 0 Å². The summed E-state index contributed by atoms with van der Waals surface area (Å²) in [5.41, 5.74) is 7.20. The van der Waals surface area contributed by atoms with E-state index in [-0.39, 0.29) is 5.91 Å².